The highest BCUT2D eigenvalue weighted by Crippen LogP contribution is 2.22. The van der Waals surface area contributed by atoms with Gasteiger partial charge in [0.25, 0.3) is 5.91 Å². The summed E-state index contributed by atoms with van der Waals surface area (Å²) in [6, 6.07) is 1.78. The molecule has 0 saturated carbocycles. The Morgan fingerprint density at radius 1 is 1.45 bits per heavy atom. The van der Waals surface area contributed by atoms with Gasteiger partial charge in [-0.2, -0.15) is 0 Å². The second-order valence-corrected chi connectivity index (χ2v) is 5.14. The van der Waals surface area contributed by atoms with Crippen LogP contribution in [-0.4, -0.2) is 61.0 Å². The van der Waals surface area contributed by atoms with E-state index in [0.717, 1.165) is 10.4 Å². The summed E-state index contributed by atoms with van der Waals surface area (Å²) in [7, 11) is 1.57. The van der Waals surface area contributed by atoms with Crippen molar-refractivity contribution in [2.75, 3.05) is 40.0 Å². The average molecular weight is 297 g/mol. The number of rotatable bonds is 6. The minimum absolute atomic E-state index is 0.0863. The average Bonchev–Trinajstić information content (AvgIpc) is 2.81. The van der Waals surface area contributed by atoms with E-state index < -0.39 is 0 Å². The summed E-state index contributed by atoms with van der Waals surface area (Å²) in [6.07, 6.45) is 0. The van der Waals surface area contributed by atoms with Crippen LogP contribution in [0.15, 0.2) is 6.07 Å². The number of hydrogen-bond donors (Lipinski definition) is 2. The van der Waals surface area contributed by atoms with Crippen LogP contribution in [0, 0.1) is 18.8 Å². The third-order valence-corrected chi connectivity index (χ3v) is 3.77. The smallest absolute Gasteiger partial charge is 0.264 e. The fraction of sp³-hybridized carbons (Fsp3) is 0.500. The normalized spacial score (nSPS) is 10.0. The fourth-order valence-electron chi connectivity index (χ4n) is 1.62. The maximum absolute atomic E-state index is 12.4. The van der Waals surface area contributed by atoms with Crippen LogP contribution >= 0.6 is 11.3 Å². The largest absolute Gasteiger partial charge is 0.395 e. The number of methoxy groups -OCH3 is 1. The van der Waals surface area contributed by atoms with Crippen LogP contribution in [0.1, 0.15) is 20.1 Å². The molecule has 0 fully saturated rings. The molecule has 0 bridgehead atoms. The van der Waals surface area contributed by atoms with E-state index in [-0.39, 0.29) is 25.7 Å². The minimum Gasteiger partial charge on any atom is -0.395 e. The predicted molar refractivity (Wildman–Crippen MR) is 77.9 cm³/mol. The van der Waals surface area contributed by atoms with Gasteiger partial charge in [-0.05, 0) is 18.6 Å². The Bertz CT molecular complexity index is 501. The molecule has 0 spiro atoms. The first-order chi connectivity index (χ1) is 9.63. The van der Waals surface area contributed by atoms with E-state index in [2.05, 4.69) is 11.8 Å². The predicted octanol–water partition coefficient (Wildman–Crippen LogP) is 0.481. The SMILES string of the molecule is COCCN(CCO)C(=O)c1cc(C)c(C#CCO)s1. The number of ether oxygens (including phenoxy) is 1. The Balaban J connectivity index is 2.88. The van der Waals surface area contributed by atoms with Crippen LogP contribution in [-0.2, 0) is 4.74 Å². The summed E-state index contributed by atoms with van der Waals surface area (Å²) in [5, 5.41) is 17.7. The molecule has 1 amide bonds. The maximum atomic E-state index is 12.4. The lowest BCUT2D eigenvalue weighted by Crippen LogP contribution is -2.35. The number of hydrogen-bond acceptors (Lipinski definition) is 5. The van der Waals surface area contributed by atoms with Crippen molar-refractivity contribution in [2.45, 2.75) is 6.92 Å². The summed E-state index contributed by atoms with van der Waals surface area (Å²) in [5.41, 5.74) is 0.912. The summed E-state index contributed by atoms with van der Waals surface area (Å²) >= 11 is 1.30. The third-order valence-electron chi connectivity index (χ3n) is 2.63. The van der Waals surface area contributed by atoms with Gasteiger partial charge in [-0.15, -0.1) is 11.3 Å². The summed E-state index contributed by atoms with van der Waals surface area (Å²) in [4.78, 5) is 15.3. The summed E-state index contributed by atoms with van der Waals surface area (Å²) < 4.78 is 4.96. The van der Waals surface area contributed by atoms with Crippen molar-refractivity contribution >= 4 is 17.2 Å². The van der Waals surface area contributed by atoms with Crippen molar-refractivity contribution in [1.82, 2.24) is 4.90 Å². The molecule has 0 aliphatic heterocycles. The quantitative estimate of drug-likeness (QED) is 0.749. The highest BCUT2D eigenvalue weighted by molar-refractivity contribution is 7.14. The molecule has 0 aliphatic rings. The van der Waals surface area contributed by atoms with Crippen molar-refractivity contribution in [3.8, 4) is 11.8 Å². The van der Waals surface area contributed by atoms with Gasteiger partial charge in [0.1, 0.15) is 6.61 Å². The number of nitrogens with zero attached hydrogens (tertiary/aromatic N) is 1. The van der Waals surface area contributed by atoms with Gasteiger partial charge in [-0.3, -0.25) is 4.79 Å². The first-order valence-electron chi connectivity index (χ1n) is 6.23. The Morgan fingerprint density at radius 2 is 2.20 bits per heavy atom. The standard InChI is InChI=1S/C14H19NO4S/c1-11-10-13(20-12(11)4-3-7-16)14(18)15(5-8-17)6-9-19-2/h10,16-17H,5-9H2,1-2H3. The third kappa shape index (κ3) is 4.62. The molecule has 0 saturated heterocycles. The van der Waals surface area contributed by atoms with Crippen molar-refractivity contribution in [3.05, 3.63) is 21.4 Å². The van der Waals surface area contributed by atoms with Crippen LogP contribution in [0.5, 0.6) is 0 Å². The summed E-state index contributed by atoms with van der Waals surface area (Å²) in [6.45, 7) is 2.72. The topological polar surface area (TPSA) is 70.0 Å². The number of aliphatic hydroxyl groups is 2. The highest BCUT2D eigenvalue weighted by Gasteiger charge is 2.18. The van der Waals surface area contributed by atoms with Gasteiger partial charge < -0.3 is 19.8 Å². The lowest BCUT2D eigenvalue weighted by Gasteiger charge is -2.20. The van der Waals surface area contributed by atoms with E-state index in [1.165, 1.54) is 11.3 Å². The zero-order chi connectivity index (χ0) is 15.0. The Kier molecular flexibility index (Phi) is 7.26. The number of thiophene rings is 1. The zero-order valence-electron chi connectivity index (χ0n) is 11.7. The molecule has 1 aromatic heterocycles. The van der Waals surface area contributed by atoms with Gasteiger partial charge in [0.15, 0.2) is 0 Å². The molecule has 0 aromatic carbocycles. The first kappa shape index (κ1) is 16.7. The molecule has 6 heteroatoms. The molecule has 1 rings (SSSR count). The molecule has 1 heterocycles. The molecule has 0 atom stereocenters. The molecule has 0 aliphatic carbocycles. The molecule has 2 N–H and O–H groups in total. The van der Waals surface area contributed by atoms with Gasteiger partial charge in [0, 0.05) is 20.2 Å². The molecule has 0 radical (unpaired) electrons. The number of carbonyl (C=O) groups is 1. The molecule has 5 nitrogen and oxygen atoms in total. The van der Waals surface area contributed by atoms with Crippen LogP contribution in [0.2, 0.25) is 0 Å². The Hall–Kier alpha value is -1.39. The number of amides is 1. The molecule has 0 unspecified atom stereocenters. The number of aryl methyl sites for hydroxylation is 1. The molecular formula is C14H19NO4S. The fourth-order valence-corrected chi connectivity index (χ4v) is 2.64. The monoisotopic (exact) mass is 297 g/mol. The second-order valence-electron chi connectivity index (χ2n) is 4.09. The van der Waals surface area contributed by atoms with Crippen molar-refractivity contribution in [3.63, 3.8) is 0 Å². The lowest BCUT2D eigenvalue weighted by atomic mass is 10.2. The van der Waals surface area contributed by atoms with Gasteiger partial charge in [0.05, 0.1) is 23.0 Å². The Morgan fingerprint density at radius 3 is 2.80 bits per heavy atom. The molecule has 110 valence electrons. The Labute approximate surface area is 122 Å². The van der Waals surface area contributed by atoms with Gasteiger partial charge in [-0.25, -0.2) is 0 Å². The van der Waals surface area contributed by atoms with E-state index >= 15 is 0 Å². The number of carbonyl (C=O) groups excluding carboxylic acids is 1. The molecule has 20 heavy (non-hydrogen) atoms. The lowest BCUT2D eigenvalue weighted by molar-refractivity contribution is 0.0661. The van der Waals surface area contributed by atoms with Crippen LogP contribution < -0.4 is 0 Å². The van der Waals surface area contributed by atoms with E-state index in [9.17, 15) is 4.79 Å². The van der Waals surface area contributed by atoms with E-state index in [1.807, 2.05) is 6.92 Å². The van der Waals surface area contributed by atoms with Crippen molar-refractivity contribution in [1.29, 1.82) is 0 Å². The maximum Gasteiger partial charge on any atom is 0.264 e. The van der Waals surface area contributed by atoms with Crippen LogP contribution in [0.3, 0.4) is 0 Å². The van der Waals surface area contributed by atoms with Gasteiger partial charge in [-0.1, -0.05) is 11.8 Å². The van der Waals surface area contributed by atoms with E-state index in [4.69, 9.17) is 14.9 Å². The number of aliphatic hydroxyl groups excluding tert-OH is 2. The van der Waals surface area contributed by atoms with Crippen molar-refractivity contribution in [2.24, 2.45) is 0 Å². The van der Waals surface area contributed by atoms with Crippen LogP contribution in [0.25, 0.3) is 0 Å². The zero-order valence-corrected chi connectivity index (χ0v) is 12.5. The molecule has 1 aromatic rings. The van der Waals surface area contributed by atoms with Gasteiger partial charge >= 0.3 is 0 Å². The second kappa shape index (κ2) is 8.72. The van der Waals surface area contributed by atoms with Crippen LogP contribution in [0.4, 0.5) is 0 Å². The van der Waals surface area contributed by atoms with Crippen molar-refractivity contribution < 1.29 is 19.7 Å². The van der Waals surface area contributed by atoms with Gasteiger partial charge in [0.2, 0.25) is 0 Å². The summed E-state index contributed by atoms with van der Waals surface area (Å²) in [5.74, 6) is 5.27. The minimum atomic E-state index is -0.203. The van der Waals surface area contributed by atoms with E-state index in [0.29, 0.717) is 18.0 Å². The first-order valence-corrected chi connectivity index (χ1v) is 7.05. The van der Waals surface area contributed by atoms with E-state index in [1.54, 1.807) is 18.1 Å². The highest BCUT2D eigenvalue weighted by atomic mass is 32.1. The molecular weight excluding hydrogens is 278 g/mol.